The molecule has 4 heteroatoms. The molecule has 0 spiro atoms. The molecule has 1 aromatic rings. The van der Waals surface area contributed by atoms with Gasteiger partial charge in [0.15, 0.2) is 0 Å². The molecule has 0 radical (unpaired) electrons. The number of alkyl halides is 1. The summed E-state index contributed by atoms with van der Waals surface area (Å²) in [4.78, 5) is 11.8. The molecule has 0 aliphatic carbocycles. The summed E-state index contributed by atoms with van der Waals surface area (Å²) in [5, 5.41) is 3.81. The molecule has 0 saturated heterocycles. The summed E-state index contributed by atoms with van der Waals surface area (Å²) in [5.74, 6) is 0.709. The summed E-state index contributed by atoms with van der Waals surface area (Å²) in [6, 6.07) is 7.26. The molecular formula is C12H16BrNO2. The highest BCUT2D eigenvalue weighted by atomic mass is 79.9. The van der Waals surface area contributed by atoms with Gasteiger partial charge in [-0.25, -0.2) is 0 Å². The van der Waals surface area contributed by atoms with Crippen molar-refractivity contribution in [3.05, 3.63) is 29.8 Å². The van der Waals surface area contributed by atoms with Gasteiger partial charge in [-0.3, -0.25) is 4.79 Å². The van der Waals surface area contributed by atoms with E-state index in [0.717, 1.165) is 17.5 Å². The van der Waals surface area contributed by atoms with E-state index < -0.39 is 0 Å². The van der Waals surface area contributed by atoms with Crippen LogP contribution in [-0.2, 0) is 0 Å². The zero-order valence-corrected chi connectivity index (χ0v) is 11.1. The smallest absolute Gasteiger partial charge is 0.251 e. The van der Waals surface area contributed by atoms with Crippen molar-refractivity contribution in [3.8, 4) is 5.75 Å². The van der Waals surface area contributed by atoms with E-state index in [4.69, 9.17) is 4.74 Å². The molecule has 0 aromatic heterocycles. The van der Waals surface area contributed by atoms with E-state index >= 15 is 0 Å². The third-order valence-electron chi connectivity index (χ3n) is 2.27. The van der Waals surface area contributed by atoms with E-state index in [1.165, 1.54) is 0 Å². The Labute approximate surface area is 104 Å². The van der Waals surface area contributed by atoms with Crippen molar-refractivity contribution in [3.63, 3.8) is 0 Å². The first-order chi connectivity index (χ1) is 7.67. The van der Waals surface area contributed by atoms with Crippen LogP contribution in [0.15, 0.2) is 24.3 Å². The monoisotopic (exact) mass is 285 g/mol. The van der Waals surface area contributed by atoms with Gasteiger partial charge in [0.1, 0.15) is 5.75 Å². The molecule has 1 unspecified atom stereocenters. The van der Waals surface area contributed by atoms with Gasteiger partial charge in [-0.15, -0.1) is 0 Å². The first-order valence-electron chi connectivity index (χ1n) is 5.18. The fraction of sp³-hybridized carbons (Fsp3) is 0.417. The van der Waals surface area contributed by atoms with Crippen LogP contribution in [0.3, 0.4) is 0 Å². The van der Waals surface area contributed by atoms with Gasteiger partial charge >= 0.3 is 0 Å². The van der Waals surface area contributed by atoms with Gasteiger partial charge in [0.05, 0.1) is 7.11 Å². The van der Waals surface area contributed by atoms with Crippen LogP contribution < -0.4 is 10.1 Å². The first kappa shape index (κ1) is 13.0. The standard InChI is InChI=1S/C12H16BrNO2/c1-9(7-8-13)14-12(15)10-3-5-11(16-2)6-4-10/h3-6,9H,7-8H2,1-2H3,(H,14,15). The summed E-state index contributed by atoms with van der Waals surface area (Å²) in [7, 11) is 1.60. The van der Waals surface area contributed by atoms with Crippen LogP contribution in [0.4, 0.5) is 0 Å². The van der Waals surface area contributed by atoms with Crippen LogP contribution in [-0.4, -0.2) is 24.4 Å². The predicted octanol–water partition coefficient (Wildman–Crippen LogP) is 2.60. The highest BCUT2D eigenvalue weighted by Crippen LogP contribution is 2.11. The second kappa shape index (κ2) is 6.53. The molecule has 0 bridgehead atoms. The molecule has 16 heavy (non-hydrogen) atoms. The number of rotatable bonds is 5. The summed E-state index contributed by atoms with van der Waals surface area (Å²) in [5.41, 5.74) is 0.655. The Hall–Kier alpha value is -1.03. The van der Waals surface area contributed by atoms with Crippen LogP contribution in [0.5, 0.6) is 5.75 Å². The van der Waals surface area contributed by atoms with E-state index in [0.29, 0.717) is 5.56 Å². The molecule has 0 aliphatic heterocycles. The van der Waals surface area contributed by atoms with Crippen molar-refractivity contribution >= 4 is 21.8 Å². The minimum atomic E-state index is -0.0453. The summed E-state index contributed by atoms with van der Waals surface area (Å²) < 4.78 is 5.03. The maximum Gasteiger partial charge on any atom is 0.251 e. The van der Waals surface area contributed by atoms with Crippen molar-refractivity contribution in [2.75, 3.05) is 12.4 Å². The van der Waals surface area contributed by atoms with Crippen molar-refractivity contribution < 1.29 is 9.53 Å². The number of carbonyl (C=O) groups excluding carboxylic acids is 1. The molecule has 1 aromatic carbocycles. The molecule has 1 N–H and O–H groups in total. The molecule has 88 valence electrons. The van der Waals surface area contributed by atoms with Crippen molar-refractivity contribution in [2.45, 2.75) is 19.4 Å². The molecule has 0 saturated carbocycles. The number of benzene rings is 1. The minimum Gasteiger partial charge on any atom is -0.497 e. The van der Waals surface area contributed by atoms with Gasteiger partial charge in [0, 0.05) is 16.9 Å². The number of hydrogen-bond acceptors (Lipinski definition) is 2. The lowest BCUT2D eigenvalue weighted by molar-refractivity contribution is 0.0939. The average Bonchev–Trinajstić information content (AvgIpc) is 2.29. The van der Waals surface area contributed by atoms with E-state index in [1.807, 2.05) is 6.92 Å². The molecule has 3 nitrogen and oxygen atoms in total. The second-order valence-electron chi connectivity index (χ2n) is 3.58. The largest absolute Gasteiger partial charge is 0.497 e. The molecular weight excluding hydrogens is 270 g/mol. The Morgan fingerprint density at radius 3 is 2.56 bits per heavy atom. The summed E-state index contributed by atoms with van der Waals surface area (Å²) in [6.07, 6.45) is 0.919. The fourth-order valence-corrected chi connectivity index (χ4v) is 1.97. The van der Waals surface area contributed by atoms with Crippen molar-refractivity contribution in [2.24, 2.45) is 0 Å². The van der Waals surface area contributed by atoms with E-state index in [9.17, 15) is 4.79 Å². The number of methoxy groups -OCH3 is 1. The lowest BCUT2D eigenvalue weighted by atomic mass is 10.2. The zero-order chi connectivity index (χ0) is 12.0. The van der Waals surface area contributed by atoms with Gasteiger partial charge in [-0.1, -0.05) is 15.9 Å². The van der Waals surface area contributed by atoms with Gasteiger partial charge in [-0.05, 0) is 37.6 Å². The molecule has 0 aliphatic rings. The summed E-state index contributed by atoms with van der Waals surface area (Å²) >= 11 is 3.35. The molecule has 1 atom stereocenters. The van der Waals surface area contributed by atoms with Crippen molar-refractivity contribution in [1.82, 2.24) is 5.32 Å². The van der Waals surface area contributed by atoms with Crippen LogP contribution in [0.1, 0.15) is 23.7 Å². The Kier molecular flexibility index (Phi) is 5.32. The van der Waals surface area contributed by atoms with Gasteiger partial charge in [0.25, 0.3) is 5.91 Å². The molecule has 1 amide bonds. The lowest BCUT2D eigenvalue weighted by Crippen LogP contribution is -2.32. The lowest BCUT2D eigenvalue weighted by Gasteiger charge is -2.12. The number of ether oxygens (including phenoxy) is 1. The van der Waals surface area contributed by atoms with E-state index in [1.54, 1.807) is 31.4 Å². The zero-order valence-electron chi connectivity index (χ0n) is 9.50. The maximum absolute atomic E-state index is 11.8. The first-order valence-corrected chi connectivity index (χ1v) is 6.30. The SMILES string of the molecule is COc1ccc(C(=O)NC(C)CCBr)cc1. The second-order valence-corrected chi connectivity index (χ2v) is 4.37. The van der Waals surface area contributed by atoms with Gasteiger partial charge in [-0.2, -0.15) is 0 Å². The third kappa shape index (κ3) is 3.85. The number of nitrogens with one attached hydrogen (secondary N) is 1. The number of halogens is 1. The highest BCUT2D eigenvalue weighted by molar-refractivity contribution is 9.09. The van der Waals surface area contributed by atoms with Crippen LogP contribution in [0, 0.1) is 0 Å². The predicted molar refractivity (Wildman–Crippen MR) is 68.3 cm³/mol. The third-order valence-corrected chi connectivity index (χ3v) is 2.73. The van der Waals surface area contributed by atoms with E-state index in [-0.39, 0.29) is 11.9 Å². The van der Waals surface area contributed by atoms with Crippen molar-refractivity contribution in [1.29, 1.82) is 0 Å². The van der Waals surface area contributed by atoms with Crippen LogP contribution >= 0.6 is 15.9 Å². The quantitative estimate of drug-likeness (QED) is 0.845. The Bertz CT molecular complexity index is 337. The summed E-state index contributed by atoms with van der Waals surface area (Å²) in [6.45, 7) is 1.99. The highest BCUT2D eigenvalue weighted by Gasteiger charge is 2.08. The maximum atomic E-state index is 11.8. The Morgan fingerprint density at radius 2 is 2.06 bits per heavy atom. The average molecular weight is 286 g/mol. The van der Waals surface area contributed by atoms with Crippen LogP contribution in [0.25, 0.3) is 0 Å². The molecule has 0 heterocycles. The molecule has 0 fully saturated rings. The topological polar surface area (TPSA) is 38.3 Å². The van der Waals surface area contributed by atoms with E-state index in [2.05, 4.69) is 21.2 Å². The van der Waals surface area contributed by atoms with Crippen LogP contribution in [0.2, 0.25) is 0 Å². The minimum absolute atomic E-state index is 0.0453. The Balaban J connectivity index is 2.59. The number of hydrogen-bond donors (Lipinski definition) is 1. The fourth-order valence-electron chi connectivity index (χ4n) is 1.29. The molecule has 1 rings (SSSR count). The van der Waals surface area contributed by atoms with Gasteiger partial charge in [0.2, 0.25) is 0 Å². The number of amides is 1. The number of carbonyl (C=O) groups is 1. The Morgan fingerprint density at radius 1 is 1.44 bits per heavy atom. The van der Waals surface area contributed by atoms with Gasteiger partial charge < -0.3 is 10.1 Å². The normalized spacial score (nSPS) is 11.9.